The minimum Gasteiger partial charge on any atom is -0.368 e. The fourth-order valence-corrected chi connectivity index (χ4v) is 4.18. The van der Waals surface area contributed by atoms with Gasteiger partial charge in [0.15, 0.2) is 0 Å². The normalized spacial score (nSPS) is 26.2. The highest BCUT2D eigenvalue weighted by Crippen LogP contribution is 2.34. The van der Waals surface area contributed by atoms with Crippen LogP contribution in [-0.4, -0.2) is 12.6 Å². The number of hydrogen-bond acceptors (Lipinski definition) is 3. The average Bonchev–Trinajstić information content (AvgIpc) is 2.82. The lowest BCUT2D eigenvalue weighted by Crippen LogP contribution is -2.27. The largest absolute Gasteiger partial charge is 0.368 e. The Hall–Kier alpha value is 0.1000. The Morgan fingerprint density at radius 1 is 1.50 bits per heavy atom. The minimum atomic E-state index is 0.0712. The van der Waals surface area contributed by atoms with Gasteiger partial charge in [0, 0.05) is 11.4 Å². The molecule has 1 aliphatic carbocycles. The molecule has 3 atom stereocenters. The Bertz CT molecular complexity index is 368. The molecule has 1 heterocycles. The van der Waals surface area contributed by atoms with Gasteiger partial charge >= 0.3 is 0 Å². The van der Waals surface area contributed by atoms with Crippen molar-refractivity contribution in [3.63, 3.8) is 0 Å². The lowest BCUT2D eigenvalue weighted by atomic mass is 9.85. The Kier molecular flexibility index (Phi) is 5.67. The lowest BCUT2D eigenvalue weighted by Gasteiger charge is -2.31. The van der Waals surface area contributed by atoms with Crippen LogP contribution in [0.1, 0.15) is 50.0 Å². The van der Waals surface area contributed by atoms with Crippen molar-refractivity contribution in [1.82, 2.24) is 0 Å². The smallest absolute Gasteiger partial charge is 0.104 e. The highest BCUT2D eigenvalue weighted by atomic mass is 79.9. The molecule has 4 heteroatoms. The van der Waals surface area contributed by atoms with Gasteiger partial charge in [-0.25, -0.2) is 0 Å². The molecule has 0 radical (unpaired) electrons. The van der Waals surface area contributed by atoms with Gasteiger partial charge in [-0.1, -0.05) is 26.2 Å². The summed E-state index contributed by atoms with van der Waals surface area (Å²) in [5, 5.41) is 0. The molecule has 0 saturated heterocycles. The van der Waals surface area contributed by atoms with Crippen molar-refractivity contribution in [2.75, 3.05) is 6.54 Å². The van der Waals surface area contributed by atoms with Crippen molar-refractivity contribution >= 4 is 27.3 Å². The number of rotatable bonds is 5. The maximum absolute atomic E-state index is 6.24. The Labute approximate surface area is 122 Å². The Morgan fingerprint density at radius 3 is 2.94 bits per heavy atom. The molecule has 2 rings (SSSR count). The zero-order valence-electron chi connectivity index (χ0n) is 10.9. The highest BCUT2D eigenvalue weighted by molar-refractivity contribution is 9.11. The van der Waals surface area contributed by atoms with Crippen LogP contribution >= 0.6 is 27.3 Å². The molecule has 2 nitrogen and oxygen atoms in total. The van der Waals surface area contributed by atoms with E-state index in [-0.39, 0.29) is 6.10 Å². The van der Waals surface area contributed by atoms with Gasteiger partial charge in [-0.05, 0) is 46.8 Å². The summed E-state index contributed by atoms with van der Waals surface area (Å²) in [5.74, 6) is 0.845. The fourth-order valence-electron chi connectivity index (χ4n) is 2.71. The van der Waals surface area contributed by atoms with E-state index in [1.807, 2.05) is 0 Å². The van der Waals surface area contributed by atoms with Gasteiger partial charge < -0.3 is 10.5 Å². The van der Waals surface area contributed by atoms with E-state index in [0.717, 1.165) is 9.70 Å². The third kappa shape index (κ3) is 3.80. The van der Waals surface area contributed by atoms with Crippen LogP contribution in [0.3, 0.4) is 0 Å². The van der Waals surface area contributed by atoms with E-state index in [1.54, 1.807) is 11.3 Å². The fraction of sp³-hybridized carbons (Fsp3) is 0.714. The van der Waals surface area contributed by atoms with Crippen molar-refractivity contribution in [1.29, 1.82) is 0 Å². The molecule has 0 spiro atoms. The molecular formula is C14H22BrNOS. The van der Waals surface area contributed by atoms with Gasteiger partial charge in [-0.3, -0.25) is 0 Å². The number of nitrogens with two attached hydrogens (primary N) is 1. The zero-order valence-corrected chi connectivity index (χ0v) is 13.3. The maximum Gasteiger partial charge on any atom is 0.104 e. The van der Waals surface area contributed by atoms with Crippen molar-refractivity contribution < 1.29 is 4.74 Å². The third-order valence-electron chi connectivity index (χ3n) is 3.79. The van der Waals surface area contributed by atoms with Crippen molar-refractivity contribution in [2.24, 2.45) is 11.7 Å². The molecule has 1 saturated carbocycles. The Morgan fingerprint density at radius 2 is 2.33 bits per heavy atom. The minimum absolute atomic E-state index is 0.0712. The second-order valence-electron chi connectivity index (χ2n) is 5.07. The second kappa shape index (κ2) is 7.04. The predicted octanol–water partition coefficient (Wildman–Crippen LogP) is 4.50. The molecule has 0 amide bonds. The first-order valence-corrected chi connectivity index (χ1v) is 8.44. The van der Waals surface area contributed by atoms with Gasteiger partial charge in [-0.2, -0.15) is 0 Å². The molecule has 3 unspecified atom stereocenters. The number of hydrogen-bond donors (Lipinski definition) is 1. The average molecular weight is 332 g/mol. The summed E-state index contributed by atoms with van der Waals surface area (Å²) in [6.45, 7) is 2.85. The molecule has 1 aromatic heterocycles. The molecule has 1 fully saturated rings. The quantitative estimate of drug-likeness (QED) is 0.862. The summed E-state index contributed by atoms with van der Waals surface area (Å²) in [4.78, 5) is 1.24. The SMILES string of the molecule is CCC1CCCC(OC(CN)c2ccc(Br)s2)C1. The molecule has 2 N–H and O–H groups in total. The molecule has 1 aliphatic rings. The van der Waals surface area contributed by atoms with E-state index in [2.05, 4.69) is 35.0 Å². The summed E-state index contributed by atoms with van der Waals surface area (Å²) in [7, 11) is 0. The number of halogens is 1. The second-order valence-corrected chi connectivity index (χ2v) is 7.56. The van der Waals surface area contributed by atoms with E-state index in [1.165, 1.54) is 37.0 Å². The van der Waals surface area contributed by atoms with Gasteiger partial charge in [0.1, 0.15) is 6.10 Å². The molecule has 0 aliphatic heterocycles. The maximum atomic E-state index is 6.24. The van der Waals surface area contributed by atoms with Gasteiger partial charge in [0.05, 0.1) is 9.89 Å². The third-order valence-corrected chi connectivity index (χ3v) is 5.51. The Balaban J connectivity index is 1.93. The molecule has 102 valence electrons. The van der Waals surface area contributed by atoms with Crippen LogP contribution in [-0.2, 0) is 4.74 Å². The van der Waals surface area contributed by atoms with Crippen LogP contribution in [0.25, 0.3) is 0 Å². The first-order valence-electron chi connectivity index (χ1n) is 6.83. The van der Waals surface area contributed by atoms with Crippen molar-refractivity contribution in [3.8, 4) is 0 Å². The van der Waals surface area contributed by atoms with Crippen molar-refractivity contribution in [3.05, 3.63) is 20.8 Å². The van der Waals surface area contributed by atoms with E-state index in [0.29, 0.717) is 12.6 Å². The topological polar surface area (TPSA) is 35.2 Å². The van der Waals surface area contributed by atoms with Crippen LogP contribution in [0.5, 0.6) is 0 Å². The first-order chi connectivity index (χ1) is 8.72. The zero-order chi connectivity index (χ0) is 13.0. The molecule has 1 aromatic rings. The van der Waals surface area contributed by atoms with E-state index >= 15 is 0 Å². The molecule has 18 heavy (non-hydrogen) atoms. The predicted molar refractivity (Wildman–Crippen MR) is 80.9 cm³/mol. The summed E-state index contributed by atoms with van der Waals surface area (Å²) in [5.41, 5.74) is 5.86. The highest BCUT2D eigenvalue weighted by Gasteiger charge is 2.24. The van der Waals surface area contributed by atoms with E-state index in [9.17, 15) is 0 Å². The number of ether oxygens (including phenoxy) is 1. The molecular weight excluding hydrogens is 310 g/mol. The summed E-state index contributed by atoms with van der Waals surface area (Å²) >= 11 is 5.22. The monoisotopic (exact) mass is 331 g/mol. The van der Waals surface area contributed by atoms with Crippen LogP contribution in [0, 0.1) is 5.92 Å². The molecule has 0 aromatic carbocycles. The van der Waals surface area contributed by atoms with Gasteiger partial charge in [0.25, 0.3) is 0 Å². The van der Waals surface area contributed by atoms with E-state index < -0.39 is 0 Å². The van der Waals surface area contributed by atoms with E-state index in [4.69, 9.17) is 10.5 Å². The summed E-state index contributed by atoms with van der Waals surface area (Å²) in [6.07, 6.45) is 6.82. The lowest BCUT2D eigenvalue weighted by molar-refractivity contribution is -0.0366. The van der Waals surface area contributed by atoms with Gasteiger partial charge in [0.2, 0.25) is 0 Å². The van der Waals surface area contributed by atoms with Crippen molar-refractivity contribution in [2.45, 2.75) is 51.2 Å². The molecule has 0 bridgehead atoms. The van der Waals surface area contributed by atoms with Gasteiger partial charge in [-0.15, -0.1) is 11.3 Å². The number of thiophene rings is 1. The summed E-state index contributed by atoms with van der Waals surface area (Å²) < 4.78 is 7.38. The van der Waals surface area contributed by atoms with Crippen LogP contribution in [0.2, 0.25) is 0 Å². The van der Waals surface area contributed by atoms with Crippen LogP contribution in [0.15, 0.2) is 15.9 Å². The van der Waals surface area contributed by atoms with Crippen LogP contribution in [0.4, 0.5) is 0 Å². The summed E-state index contributed by atoms with van der Waals surface area (Å²) in [6, 6.07) is 4.19. The van der Waals surface area contributed by atoms with Crippen LogP contribution < -0.4 is 5.73 Å². The standard InChI is InChI=1S/C14H22BrNOS/c1-2-10-4-3-5-11(8-10)17-12(9-16)13-6-7-14(15)18-13/h6-7,10-12H,2-5,8-9,16H2,1H3. The first kappa shape index (κ1) is 14.5.